The van der Waals surface area contributed by atoms with Crippen LogP contribution in [0.4, 0.5) is 5.69 Å². The second kappa shape index (κ2) is 5.82. The van der Waals surface area contributed by atoms with Crippen LogP contribution in [0.1, 0.15) is 12.6 Å². The molecule has 1 amide bonds. The lowest BCUT2D eigenvalue weighted by atomic mass is 10.3. The summed E-state index contributed by atoms with van der Waals surface area (Å²) in [6, 6.07) is 3.09. The second-order valence-corrected chi connectivity index (χ2v) is 3.27. The fourth-order valence-corrected chi connectivity index (χ4v) is 1.15. The maximum Gasteiger partial charge on any atom is 0.397 e. The minimum absolute atomic E-state index is 0.0351. The first kappa shape index (κ1) is 12.9. The highest BCUT2D eigenvalue weighted by atomic mass is 35.5. The Morgan fingerprint density at radius 3 is 2.94 bits per heavy atom. The van der Waals surface area contributed by atoms with Gasteiger partial charge in [0.15, 0.2) is 5.69 Å². The van der Waals surface area contributed by atoms with Crippen molar-refractivity contribution >= 4 is 29.2 Å². The monoisotopic (exact) mass is 253 g/mol. The van der Waals surface area contributed by atoms with E-state index in [0.717, 1.165) is 0 Å². The van der Waals surface area contributed by atoms with E-state index in [1.54, 1.807) is 13.0 Å². The number of nitrogens with zero attached hydrogens (tertiary/aromatic N) is 2. The van der Waals surface area contributed by atoms with Crippen LogP contribution in [0.2, 0.25) is 5.02 Å². The highest BCUT2D eigenvalue weighted by Gasteiger charge is 2.17. The van der Waals surface area contributed by atoms with Gasteiger partial charge in [0.25, 0.3) is 0 Å². The number of carbonyl (C=O) groups excluding carboxylic acids is 2. The van der Waals surface area contributed by atoms with E-state index in [-0.39, 0.29) is 23.0 Å². The van der Waals surface area contributed by atoms with Crippen LogP contribution in [0.3, 0.4) is 0 Å². The molecule has 0 atom stereocenters. The molecule has 0 saturated carbocycles. The van der Waals surface area contributed by atoms with Gasteiger partial charge in [-0.05, 0) is 13.0 Å². The van der Waals surface area contributed by atoms with E-state index < -0.39 is 11.9 Å². The molecule has 0 radical (unpaired) electrons. The van der Waals surface area contributed by atoms with Gasteiger partial charge >= 0.3 is 11.9 Å². The molecule has 1 aromatic rings. The lowest BCUT2D eigenvalue weighted by molar-refractivity contribution is -0.152. The summed E-state index contributed by atoms with van der Waals surface area (Å²) in [5, 5.41) is 11.2. The van der Waals surface area contributed by atoms with Gasteiger partial charge in [0.2, 0.25) is 0 Å². The number of carbonyl (C=O) groups is 2. The molecule has 0 aliphatic rings. The SMILES string of the molecule is CCOC(=O)C(=O)Nc1cc(Cl)cnc1C#N. The van der Waals surface area contributed by atoms with E-state index in [9.17, 15) is 9.59 Å². The van der Waals surface area contributed by atoms with Crippen molar-refractivity contribution in [2.24, 2.45) is 0 Å². The Labute approximate surface area is 102 Å². The topological polar surface area (TPSA) is 92.1 Å². The van der Waals surface area contributed by atoms with E-state index in [4.69, 9.17) is 16.9 Å². The van der Waals surface area contributed by atoms with Crippen molar-refractivity contribution in [2.45, 2.75) is 6.92 Å². The second-order valence-electron chi connectivity index (χ2n) is 2.84. The molecule has 1 rings (SSSR count). The van der Waals surface area contributed by atoms with E-state index in [0.29, 0.717) is 0 Å². The molecule has 1 N–H and O–H groups in total. The first-order chi connectivity index (χ1) is 8.08. The van der Waals surface area contributed by atoms with Crippen molar-refractivity contribution in [3.8, 4) is 6.07 Å². The highest BCUT2D eigenvalue weighted by Crippen LogP contribution is 2.17. The largest absolute Gasteiger partial charge is 0.459 e. The van der Waals surface area contributed by atoms with Crippen LogP contribution >= 0.6 is 11.6 Å². The molecule has 0 spiro atoms. The maximum atomic E-state index is 11.3. The summed E-state index contributed by atoms with van der Waals surface area (Å²) in [6.07, 6.45) is 1.26. The van der Waals surface area contributed by atoms with Gasteiger partial charge in [0, 0.05) is 6.20 Å². The van der Waals surface area contributed by atoms with Crippen molar-refractivity contribution in [3.05, 3.63) is 23.0 Å². The van der Waals surface area contributed by atoms with Crippen LogP contribution < -0.4 is 5.32 Å². The Bertz CT molecular complexity index is 496. The molecule has 0 bridgehead atoms. The van der Waals surface area contributed by atoms with Crippen molar-refractivity contribution in [1.82, 2.24) is 4.98 Å². The van der Waals surface area contributed by atoms with E-state index in [1.165, 1.54) is 12.3 Å². The number of anilines is 1. The summed E-state index contributed by atoms with van der Waals surface area (Å²) < 4.78 is 4.49. The predicted octanol–water partition coefficient (Wildman–Crippen LogP) is 1.11. The van der Waals surface area contributed by atoms with Crippen LogP contribution in [-0.4, -0.2) is 23.5 Å². The van der Waals surface area contributed by atoms with Gasteiger partial charge in [-0.3, -0.25) is 4.79 Å². The quantitative estimate of drug-likeness (QED) is 0.630. The molecule has 88 valence electrons. The summed E-state index contributed by atoms with van der Waals surface area (Å²) in [5.74, 6) is -2.01. The van der Waals surface area contributed by atoms with Gasteiger partial charge in [-0.25, -0.2) is 9.78 Å². The molecule has 0 aliphatic carbocycles. The zero-order valence-electron chi connectivity index (χ0n) is 8.86. The maximum absolute atomic E-state index is 11.3. The third kappa shape index (κ3) is 3.43. The van der Waals surface area contributed by atoms with Gasteiger partial charge in [-0.1, -0.05) is 11.6 Å². The highest BCUT2D eigenvalue weighted by molar-refractivity contribution is 6.37. The van der Waals surface area contributed by atoms with E-state index >= 15 is 0 Å². The van der Waals surface area contributed by atoms with Crippen LogP contribution in [-0.2, 0) is 14.3 Å². The van der Waals surface area contributed by atoms with Gasteiger partial charge in [0.1, 0.15) is 6.07 Å². The summed E-state index contributed by atoms with van der Waals surface area (Å²) in [5.41, 5.74) is 0.0325. The lowest BCUT2D eigenvalue weighted by Crippen LogP contribution is -2.25. The molecule has 1 aromatic heterocycles. The molecule has 0 unspecified atom stereocenters. The molecular weight excluding hydrogens is 246 g/mol. The Hall–Kier alpha value is -2.13. The summed E-state index contributed by atoms with van der Waals surface area (Å²) in [6.45, 7) is 1.66. The third-order valence-electron chi connectivity index (χ3n) is 1.67. The number of nitrogens with one attached hydrogen (secondary N) is 1. The number of ether oxygens (including phenoxy) is 1. The van der Waals surface area contributed by atoms with Gasteiger partial charge in [0.05, 0.1) is 17.3 Å². The number of nitriles is 1. The smallest absolute Gasteiger partial charge is 0.397 e. The van der Waals surface area contributed by atoms with Crippen LogP contribution in [0, 0.1) is 11.3 Å². The molecule has 17 heavy (non-hydrogen) atoms. The lowest BCUT2D eigenvalue weighted by Gasteiger charge is -2.05. The zero-order chi connectivity index (χ0) is 12.8. The molecule has 1 heterocycles. The molecule has 0 aromatic carbocycles. The van der Waals surface area contributed by atoms with Crippen molar-refractivity contribution in [3.63, 3.8) is 0 Å². The van der Waals surface area contributed by atoms with Gasteiger partial charge in [-0.2, -0.15) is 5.26 Å². The zero-order valence-corrected chi connectivity index (χ0v) is 9.61. The minimum Gasteiger partial charge on any atom is -0.459 e. The van der Waals surface area contributed by atoms with E-state index in [1.807, 2.05) is 0 Å². The average Bonchev–Trinajstić information content (AvgIpc) is 2.29. The number of halogens is 1. The average molecular weight is 254 g/mol. The fraction of sp³-hybridized carbons (Fsp3) is 0.200. The van der Waals surface area contributed by atoms with E-state index in [2.05, 4.69) is 15.0 Å². The van der Waals surface area contributed by atoms with Crippen molar-refractivity contribution in [2.75, 3.05) is 11.9 Å². The normalized spacial score (nSPS) is 9.24. The molecular formula is C10H8ClN3O3. The Kier molecular flexibility index (Phi) is 4.43. The molecule has 0 aliphatic heterocycles. The minimum atomic E-state index is -1.03. The molecule has 0 saturated heterocycles. The number of rotatable bonds is 2. The Balaban J connectivity index is 2.88. The molecule has 0 fully saturated rings. The Morgan fingerprint density at radius 1 is 1.65 bits per heavy atom. The predicted molar refractivity (Wildman–Crippen MR) is 59.2 cm³/mol. The number of pyridine rings is 1. The van der Waals surface area contributed by atoms with Gasteiger partial charge < -0.3 is 10.1 Å². The number of amides is 1. The number of esters is 1. The molecule has 6 nitrogen and oxygen atoms in total. The molecule has 7 heteroatoms. The fourth-order valence-electron chi connectivity index (χ4n) is 0.994. The Morgan fingerprint density at radius 2 is 2.35 bits per heavy atom. The summed E-state index contributed by atoms with van der Waals surface area (Å²) in [4.78, 5) is 26.1. The summed E-state index contributed by atoms with van der Waals surface area (Å²) in [7, 11) is 0. The van der Waals surface area contributed by atoms with Crippen LogP contribution in [0.5, 0.6) is 0 Å². The number of hydrogen-bond acceptors (Lipinski definition) is 5. The number of aromatic nitrogens is 1. The first-order valence-corrected chi connectivity index (χ1v) is 5.00. The number of hydrogen-bond donors (Lipinski definition) is 1. The third-order valence-corrected chi connectivity index (χ3v) is 1.88. The first-order valence-electron chi connectivity index (χ1n) is 4.62. The van der Waals surface area contributed by atoms with Crippen molar-refractivity contribution < 1.29 is 14.3 Å². The van der Waals surface area contributed by atoms with Gasteiger partial charge in [-0.15, -0.1) is 0 Å². The summed E-state index contributed by atoms with van der Waals surface area (Å²) >= 11 is 5.66. The van der Waals surface area contributed by atoms with Crippen LogP contribution in [0.25, 0.3) is 0 Å². The van der Waals surface area contributed by atoms with Crippen molar-refractivity contribution in [1.29, 1.82) is 5.26 Å². The standard InChI is InChI=1S/C10H8ClN3O3/c1-2-17-10(16)9(15)14-7-3-6(11)5-13-8(7)4-12/h3,5H,2H2,1H3,(H,14,15). The van der Waals surface area contributed by atoms with Crippen LogP contribution in [0.15, 0.2) is 12.3 Å².